The van der Waals surface area contributed by atoms with E-state index in [1.165, 1.54) is 10.9 Å². The number of benzene rings is 1. The number of aromatic nitrogens is 2. The van der Waals surface area contributed by atoms with Crippen LogP contribution >= 0.6 is 38.9 Å². The van der Waals surface area contributed by atoms with Gasteiger partial charge in [-0.05, 0) is 39.9 Å². The van der Waals surface area contributed by atoms with Crippen LogP contribution in [0.3, 0.4) is 0 Å². The lowest BCUT2D eigenvalue weighted by Gasteiger charge is -2.18. The van der Waals surface area contributed by atoms with Gasteiger partial charge in [0, 0.05) is 10.9 Å². The van der Waals surface area contributed by atoms with E-state index in [2.05, 4.69) is 43.9 Å². The Morgan fingerprint density at radius 3 is 2.90 bits per heavy atom. The lowest BCUT2D eigenvalue weighted by molar-refractivity contribution is 0.571. The first-order valence-electron chi connectivity index (χ1n) is 6.61. The van der Waals surface area contributed by atoms with E-state index in [1.54, 1.807) is 17.4 Å². The number of thiophene rings is 1. The molecule has 1 atom stereocenters. The van der Waals surface area contributed by atoms with Gasteiger partial charge >= 0.3 is 0 Å². The molecule has 0 aliphatic rings. The Morgan fingerprint density at radius 1 is 1.48 bits per heavy atom. The van der Waals surface area contributed by atoms with Crippen LogP contribution in [0.1, 0.15) is 30.1 Å². The third-order valence-corrected chi connectivity index (χ3v) is 5.31. The number of fused-ring (bicyclic) bond motifs is 1. The highest BCUT2D eigenvalue weighted by atomic mass is 79.9. The van der Waals surface area contributed by atoms with E-state index in [1.807, 2.05) is 6.07 Å². The van der Waals surface area contributed by atoms with Gasteiger partial charge in [0.15, 0.2) is 0 Å². The van der Waals surface area contributed by atoms with Crippen LogP contribution in [-0.4, -0.2) is 9.55 Å². The fourth-order valence-corrected chi connectivity index (χ4v) is 3.99. The van der Waals surface area contributed by atoms with Gasteiger partial charge in [0.2, 0.25) is 0 Å². The van der Waals surface area contributed by atoms with Crippen LogP contribution < -0.4 is 0 Å². The molecule has 3 rings (SSSR count). The van der Waals surface area contributed by atoms with Crippen molar-refractivity contribution in [3.05, 3.63) is 50.6 Å². The molecule has 21 heavy (non-hydrogen) atoms. The minimum Gasteiger partial charge on any atom is -0.318 e. The number of rotatable bonds is 4. The molecular formula is C15H13BrClFN2S. The van der Waals surface area contributed by atoms with E-state index in [9.17, 15) is 4.39 Å². The third-order valence-electron chi connectivity index (χ3n) is 3.49. The van der Waals surface area contributed by atoms with Gasteiger partial charge in [0.05, 0.1) is 27.4 Å². The SMILES string of the molecule is CCC(c1cccs1)n1c(CCl)nc2cc(Br)c(F)cc21. The van der Waals surface area contributed by atoms with Crippen LogP contribution in [0.15, 0.2) is 34.1 Å². The Morgan fingerprint density at radius 2 is 2.29 bits per heavy atom. The van der Waals surface area contributed by atoms with Crippen LogP contribution in [0.25, 0.3) is 11.0 Å². The summed E-state index contributed by atoms with van der Waals surface area (Å²) in [5, 5.41) is 2.05. The molecule has 3 aromatic rings. The summed E-state index contributed by atoms with van der Waals surface area (Å²) >= 11 is 11.0. The van der Waals surface area contributed by atoms with Gasteiger partial charge in [-0.15, -0.1) is 22.9 Å². The van der Waals surface area contributed by atoms with Crippen molar-refractivity contribution in [1.29, 1.82) is 0 Å². The minimum absolute atomic E-state index is 0.129. The number of imidazole rings is 1. The van der Waals surface area contributed by atoms with Crippen molar-refractivity contribution < 1.29 is 4.39 Å². The van der Waals surface area contributed by atoms with Gasteiger partial charge in [-0.3, -0.25) is 0 Å². The molecule has 0 fully saturated rings. The standard InChI is InChI=1S/C15H13BrClFN2S/c1-2-12(14-4-3-5-21-14)20-13-7-10(18)9(16)6-11(13)19-15(20)8-17/h3-7,12H,2,8H2,1H3. The molecule has 2 aromatic heterocycles. The van der Waals surface area contributed by atoms with E-state index in [0.717, 1.165) is 23.3 Å². The maximum Gasteiger partial charge on any atom is 0.139 e. The quantitative estimate of drug-likeness (QED) is 0.522. The zero-order valence-electron chi connectivity index (χ0n) is 11.3. The minimum atomic E-state index is -0.286. The summed E-state index contributed by atoms with van der Waals surface area (Å²) in [4.78, 5) is 5.78. The van der Waals surface area contributed by atoms with Gasteiger partial charge in [0.1, 0.15) is 11.6 Å². The topological polar surface area (TPSA) is 17.8 Å². The van der Waals surface area contributed by atoms with Crippen LogP contribution in [0, 0.1) is 5.82 Å². The molecule has 0 aliphatic heterocycles. The number of alkyl halides is 1. The second-order valence-corrected chi connectivity index (χ2v) is 6.83. The van der Waals surface area contributed by atoms with Gasteiger partial charge in [0.25, 0.3) is 0 Å². The van der Waals surface area contributed by atoms with Crippen LogP contribution in [0.2, 0.25) is 0 Å². The molecule has 0 radical (unpaired) electrons. The van der Waals surface area contributed by atoms with E-state index in [-0.39, 0.29) is 11.9 Å². The Balaban J connectivity index is 2.26. The van der Waals surface area contributed by atoms with E-state index in [0.29, 0.717) is 10.4 Å². The largest absolute Gasteiger partial charge is 0.318 e. The molecule has 1 aromatic carbocycles. The highest BCUT2D eigenvalue weighted by Crippen LogP contribution is 2.33. The summed E-state index contributed by atoms with van der Waals surface area (Å²) in [6.07, 6.45) is 0.896. The Hall–Kier alpha value is -0.910. The van der Waals surface area contributed by atoms with Gasteiger partial charge in [-0.2, -0.15) is 0 Å². The molecule has 0 N–H and O–H groups in total. The summed E-state index contributed by atoms with van der Waals surface area (Å²) in [7, 11) is 0. The molecule has 0 saturated carbocycles. The molecule has 0 saturated heterocycles. The Kier molecular flexibility index (Phi) is 4.33. The lowest BCUT2D eigenvalue weighted by atomic mass is 10.1. The number of nitrogens with zero attached hydrogens (tertiary/aromatic N) is 2. The molecule has 0 aliphatic carbocycles. The van der Waals surface area contributed by atoms with Crippen LogP contribution in [0.5, 0.6) is 0 Å². The van der Waals surface area contributed by atoms with Crippen LogP contribution in [-0.2, 0) is 5.88 Å². The third kappa shape index (κ3) is 2.62. The molecule has 0 spiro atoms. The predicted octanol–water partition coefficient (Wildman–Crippen LogP) is 5.74. The first kappa shape index (κ1) is 15.0. The first-order valence-corrected chi connectivity index (χ1v) is 8.81. The zero-order chi connectivity index (χ0) is 15.0. The van der Waals surface area contributed by atoms with Gasteiger partial charge in [-0.25, -0.2) is 9.37 Å². The zero-order valence-corrected chi connectivity index (χ0v) is 14.5. The number of hydrogen-bond acceptors (Lipinski definition) is 2. The lowest BCUT2D eigenvalue weighted by Crippen LogP contribution is -2.11. The average molecular weight is 388 g/mol. The number of halogens is 3. The molecule has 2 heterocycles. The maximum absolute atomic E-state index is 13.9. The van der Waals surface area contributed by atoms with Crippen LogP contribution in [0.4, 0.5) is 4.39 Å². The summed E-state index contributed by atoms with van der Waals surface area (Å²) in [5.41, 5.74) is 1.54. The van der Waals surface area contributed by atoms with Crippen molar-refractivity contribution in [2.75, 3.05) is 0 Å². The summed E-state index contributed by atoms with van der Waals surface area (Å²) in [6, 6.07) is 7.48. The predicted molar refractivity (Wildman–Crippen MR) is 89.7 cm³/mol. The second-order valence-electron chi connectivity index (χ2n) is 4.73. The highest BCUT2D eigenvalue weighted by molar-refractivity contribution is 9.10. The molecule has 110 valence electrons. The van der Waals surface area contributed by atoms with E-state index >= 15 is 0 Å². The fourth-order valence-electron chi connectivity index (χ4n) is 2.57. The summed E-state index contributed by atoms with van der Waals surface area (Å²) in [6.45, 7) is 2.11. The molecule has 6 heteroatoms. The van der Waals surface area contributed by atoms with Crippen molar-refractivity contribution >= 4 is 49.9 Å². The average Bonchev–Trinajstić information content (AvgIpc) is 3.10. The highest BCUT2D eigenvalue weighted by Gasteiger charge is 2.21. The molecule has 0 amide bonds. The van der Waals surface area contributed by atoms with Crippen molar-refractivity contribution in [3.8, 4) is 0 Å². The van der Waals surface area contributed by atoms with E-state index < -0.39 is 0 Å². The normalized spacial score (nSPS) is 13.0. The Labute approximate surface area is 139 Å². The summed E-state index contributed by atoms with van der Waals surface area (Å²) in [5.74, 6) is 0.783. The maximum atomic E-state index is 13.9. The van der Waals surface area contributed by atoms with Gasteiger partial charge in [-0.1, -0.05) is 13.0 Å². The van der Waals surface area contributed by atoms with Crippen molar-refractivity contribution in [2.24, 2.45) is 0 Å². The van der Waals surface area contributed by atoms with Crippen molar-refractivity contribution in [2.45, 2.75) is 25.3 Å². The monoisotopic (exact) mass is 386 g/mol. The Bertz CT molecular complexity index is 770. The molecule has 1 unspecified atom stereocenters. The molecule has 2 nitrogen and oxygen atoms in total. The van der Waals surface area contributed by atoms with Gasteiger partial charge < -0.3 is 4.57 Å². The second kappa shape index (κ2) is 6.07. The van der Waals surface area contributed by atoms with Crippen molar-refractivity contribution in [1.82, 2.24) is 9.55 Å². The first-order chi connectivity index (χ1) is 10.2. The summed E-state index contributed by atoms with van der Waals surface area (Å²) < 4.78 is 16.4. The van der Waals surface area contributed by atoms with E-state index in [4.69, 9.17) is 11.6 Å². The number of hydrogen-bond donors (Lipinski definition) is 0. The molecule has 0 bridgehead atoms. The fraction of sp³-hybridized carbons (Fsp3) is 0.267. The smallest absolute Gasteiger partial charge is 0.139 e. The molecular weight excluding hydrogens is 375 g/mol. The van der Waals surface area contributed by atoms with Crippen molar-refractivity contribution in [3.63, 3.8) is 0 Å².